The van der Waals surface area contributed by atoms with Crippen molar-refractivity contribution in [1.29, 1.82) is 0 Å². The summed E-state index contributed by atoms with van der Waals surface area (Å²) in [6.07, 6.45) is 8.88. The van der Waals surface area contributed by atoms with Crippen LogP contribution in [0.25, 0.3) is 0 Å². The lowest BCUT2D eigenvalue weighted by Gasteiger charge is -2.50. The van der Waals surface area contributed by atoms with Crippen LogP contribution in [0.15, 0.2) is 11.6 Å². The molecular weight excluding hydrogens is 208 g/mol. The van der Waals surface area contributed by atoms with Gasteiger partial charge in [0.1, 0.15) is 0 Å². The Labute approximate surface area is 106 Å². The molecule has 0 heterocycles. The molecule has 1 N–H and O–H groups in total. The first-order valence-corrected chi connectivity index (χ1v) is 7.19. The van der Waals surface area contributed by atoms with Crippen LogP contribution in [0.5, 0.6) is 0 Å². The highest BCUT2D eigenvalue weighted by Gasteiger charge is 2.54. The summed E-state index contributed by atoms with van der Waals surface area (Å²) < 4.78 is 0. The average molecular weight is 236 g/mol. The van der Waals surface area contributed by atoms with Gasteiger partial charge in [-0.2, -0.15) is 0 Å². The molecule has 2 aliphatic carbocycles. The zero-order valence-corrected chi connectivity index (χ0v) is 11.9. The smallest absolute Gasteiger partial charge is 0.0615 e. The zero-order chi connectivity index (χ0) is 12.7. The van der Waals surface area contributed by atoms with Crippen LogP contribution in [0.4, 0.5) is 0 Å². The van der Waals surface area contributed by atoms with Gasteiger partial charge >= 0.3 is 0 Å². The minimum absolute atomic E-state index is 0.201. The van der Waals surface area contributed by atoms with Crippen molar-refractivity contribution in [2.24, 2.45) is 22.7 Å². The van der Waals surface area contributed by atoms with Crippen molar-refractivity contribution >= 4 is 0 Å². The van der Waals surface area contributed by atoms with Gasteiger partial charge in [0, 0.05) is 0 Å². The standard InChI is InChI=1S/C16H28O/c1-12(8-11-17)13-6-7-14-15(2,3)9-5-10-16(13,14)4/h8,13-14,17H,5-7,9-11H2,1-4H3/b12-8+/t13-,14+,16-/m1/s1. The van der Waals surface area contributed by atoms with E-state index in [4.69, 9.17) is 5.11 Å². The van der Waals surface area contributed by atoms with Crippen molar-refractivity contribution in [3.63, 3.8) is 0 Å². The largest absolute Gasteiger partial charge is 0.392 e. The Morgan fingerprint density at radius 2 is 1.94 bits per heavy atom. The highest BCUT2D eigenvalue weighted by Crippen LogP contribution is 2.63. The normalized spacial score (nSPS) is 41.4. The molecule has 2 fully saturated rings. The molecule has 0 aromatic carbocycles. The minimum atomic E-state index is 0.201. The lowest BCUT2D eigenvalue weighted by Crippen LogP contribution is -2.41. The van der Waals surface area contributed by atoms with Gasteiger partial charge in [0.05, 0.1) is 6.61 Å². The van der Waals surface area contributed by atoms with Gasteiger partial charge in [0.2, 0.25) is 0 Å². The second kappa shape index (κ2) is 4.42. The van der Waals surface area contributed by atoms with Crippen LogP contribution in [0, 0.1) is 22.7 Å². The molecule has 1 nitrogen and oxygen atoms in total. The third-order valence-electron chi connectivity index (χ3n) is 5.78. The van der Waals surface area contributed by atoms with Crippen LogP contribution < -0.4 is 0 Å². The summed E-state index contributed by atoms with van der Waals surface area (Å²) in [5.41, 5.74) is 2.42. The molecular formula is C16H28O. The third kappa shape index (κ3) is 2.07. The zero-order valence-electron chi connectivity index (χ0n) is 11.9. The molecule has 2 saturated carbocycles. The van der Waals surface area contributed by atoms with Gasteiger partial charge in [-0.25, -0.2) is 0 Å². The monoisotopic (exact) mass is 236 g/mol. The number of hydrogen-bond donors (Lipinski definition) is 1. The Balaban J connectivity index is 2.27. The summed E-state index contributed by atoms with van der Waals surface area (Å²) in [4.78, 5) is 0. The molecule has 1 heteroatoms. The summed E-state index contributed by atoms with van der Waals surface area (Å²) >= 11 is 0. The molecule has 0 saturated heterocycles. The highest BCUT2D eigenvalue weighted by atomic mass is 16.2. The number of rotatable bonds is 2. The topological polar surface area (TPSA) is 20.2 Å². The lowest BCUT2D eigenvalue weighted by atomic mass is 9.55. The van der Waals surface area contributed by atoms with Gasteiger partial charge in [-0.05, 0) is 55.3 Å². The molecule has 0 aromatic rings. The number of hydrogen-bond acceptors (Lipinski definition) is 1. The minimum Gasteiger partial charge on any atom is -0.392 e. The number of allylic oxidation sites excluding steroid dienone is 1. The van der Waals surface area contributed by atoms with Crippen molar-refractivity contribution in [2.45, 2.75) is 59.8 Å². The Kier molecular flexibility index (Phi) is 3.42. The van der Waals surface area contributed by atoms with Crippen molar-refractivity contribution in [2.75, 3.05) is 6.61 Å². The second-order valence-electron chi connectivity index (χ2n) is 7.16. The molecule has 3 atom stereocenters. The van der Waals surface area contributed by atoms with Crippen LogP contribution >= 0.6 is 0 Å². The Hall–Kier alpha value is -0.300. The molecule has 0 aromatic heterocycles. The number of fused-ring (bicyclic) bond motifs is 1. The number of aliphatic hydroxyl groups excluding tert-OH is 1. The molecule has 2 aliphatic rings. The maximum absolute atomic E-state index is 9.10. The lowest BCUT2D eigenvalue weighted by molar-refractivity contribution is 0.00981. The Morgan fingerprint density at radius 1 is 1.24 bits per heavy atom. The molecule has 0 aliphatic heterocycles. The van der Waals surface area contributed by atoms with Crippen molar-refractivity contribution in [3.05, 3.63) is 11.6 Å². The van der Waals surface area contributed by atoms with E-state index in [2.05, 4.69) is 27.7 Å². The third-order valence-corrected chi connectivity index (χ3v) is 5.78. The van der Waals surface area contributed by atoms with Gasteiger partial charge in [-0.1, -0.05) is 38.8 Å². The fourth-order valence-corrected chi connectivity index (χ4v) is 5.00. The van der Waals surface area contributed by atoms with Gasteiger partial charge in [0.25, 0.3) is 0 Å². The van der Waals surface area contributed by atoms with Crippen molar-refractivity contribution in [3.8, 4) is 0 Å². The fourth-order valence-electron chi connectivity index (χ4n) is 5.00. The van der Waals surface area contributed by atoms with Crippen molar-refractivity contribution in [1.82, 2.24) is 0 Å². The highest BCUT2D eigenvalue weighted by molar-refractivity contribution is 5.15. The van der Waals surface area contributed by atoms with E-state index >= 15 is 0 Å². The van der Waals surface area contributed by atoms with Crippen molar-refractivity contribution < 1.29 is 5.11 Å². The van der Waals surface area contributed by atoms with Gasteiger partial charge in [0.15, 0.2) is 0 Å². The van der Waals surface area contributed by atoms with E-state index in [-0.39, 0.29) is 6.61 Å². The van der Waals surface area contributed by atoms with Crippen LogP contribution in [-0.2, 0) is 0 Å². The predicted octanol–water partition coefficient (Wildman–Crippen LogP) is 4.17. The van der Waals surface area contributed by atoms with Crippen LogP contribution in [-0.4, -0.2) is 11.7 Å². The van der Waals surface area contributed by atoms with E-state index in [1.54, 1.807) is 0 Å². The molecule has 98 valence electrons. The summed E-state index contributed by atoms with van der Waals surface area (Å²) in [6.45, 7) is 9.85. The SMILES string of the molecule is C/C(=C\CO)[C@H]1CC[C@H]2C(C)(C)CCC[C@]12C. The molecule has 17 heavy (non-hydrogen) atoms. The van der Waals surface area contributed by atoms with Gasteiger partial charge in [-0.3, -0.25) is 0 Å². The van der Waals surface area contributed by atoms with Crippen LogP contribution in [0.1, 0.15) is 59.8 Å². The van der Waals surface area contributed by atoms with E-state index in [9.17, 15) is 0 Å². The maximum Gasteiger partial charge on any atom is 0.0615 e. The molecule has 0 radical (unpaired) electrons. The predicted molar refractivity (Wildman–Crippen MR) is 72.8 cm³/mol. The molecule has 0 unspecified atom stereocenters. The quantitative estimate of drug-likeness (QED) is 0.714. The van der Waals surface area contributed by atoms with E-state index in [0.29, 0.717) is 16.7 Å². The maximum atomic E-state index is 9.10. The molecule has 0 spiro atoms. The average Bonchev–Trinajstić information content (AvgIpc) is 2.56. The van der Waals surface area contributed by atoms with Crippen LogP contribution in [0.2, 0.25) is 0 Å². The summed E-state index contributed by atoms with van der Waals surface area (Å²) in [7, 11) is 0. The summed E-state index contributed by atoms with van der Waals surface area (Å²) in [6, 6.07) is 0. The summed E-state index contributed by atoms with van der Waals surface area (Å²) in [5, 5.41) is 9.10. The summed E-state index contributed by atoms with van der Waals surface area (Å²) in [5.74, 6) is 1.58. The van der Waals surface area contributed by atoms with Gasteiger partial charge in [-0.15, -0.1) is 0 Å². The molecule has 0 amide bonds. The Morgan fingerprint density at radius 3 is 2.59 bits per heavy atom. The van der Waals surface area contributed by atoms with Crippen LogP contribution in [0.3, 0.4) is 0 Å². The van der Waals surface area contributed by atoms with E-state index < -0.39 is 0 Å². The van der Waals surface area contributed by atoms with E-state index in [0.717, 1.165) is 5.92 Å². The fraction of sp³-hybridized carbons (Fsp3) is 0.875. The first-order chi connectivity index (χ1) is 7.92. The molecule has 0 bridgehead atoms. The second-order valence-corrected chi connectivity index (χ2v) is 7.16. The van der Waals surface area contributed by atoms with E-state index in [1.165, 1.54) is 37.7 Å². The Bertz CT molecular complexity index is 315. The first kappa shape index (κ1) is 13.1. The van der Waals surface area contributed by atoms with Gasteiger partial charge < -0.3 is 5.11 Å². The molecule has 2 rings (SSSR count). The van der Waals surface area contributed by atoms with E-state index in [1.807, 2.05) is 6.08 Å². The first-order valence-electron chi connectivity index (χ1n) is 7.19. The number of aliphatic hydroxyl groups is 1.